The molecule has 43 heavy (non-hydrogen) atoms. The third-order valence-corrected chi connectivity index (χ3v) is 9.06. The number of esters is 1. The van der Waals surface area contributed by atoms with E-state index in [4.69, 9.17) is 9.84 Å². The molecule has 0 saturated heterocycles. The lowest BCUT2D eigenvalue weighted by molar-refractivity contribution is -0.144. The molecule has 0 saturated carbocycles. The van der Waals surface area contributed by atoms with E-state index < -0.39 is 12.0 Å². The molecule has 0 fully saturated rings. The Morgan fingerprint density at radius 1 is 0.558 bits per heavy atom. The molecule has 0 aromatic rings. The van der Waals surface area contributed by atoms with Crippen molar-refractivity contribution in [1.29, 1.82) is 0 Å². The van der Waals surface area contributed by atoms with Crippen LogP contribution in [0.5, 0.6) is 0 Å². The van der Waals surface area contributed by atoms with Crippen molar-refractivity contribution >= 4 is 24.6 Å². The number of carbonyl (C=O) groups excluding carboxylic acids is 1. The summed E-state index contributed by atoms with van der Waals surface area (Å²) in [5.41, 5.74) is 0. The van der Waals surface area contributed by atoms with Crippen LogP contribution in [0.15, 0.2) is 0 Å². The molecule has 0 heterocycles. The fraction of sp³-hybridized carbons (Fsp3) is 0.946. The van der Waals surface area contributed by atoms with Gasteiger partial charge in [-0.05, 0) is 25.8 Å². The second-order valence-corrected chi connectivity index (χ2v) is 13.3. The van der Waals surface area contributed by atoms with E-state index >= 15 is 0 Å². The molecule has 0 amide bonds. The minimum absolute atomic E-state index is 0.00776. The highest BCUT2D eigenvalue weighted by Crippen LogP contribution is 2.15. The number of carbonyl (C=O) groups is 2. The Bertz CT molecular complexity index is 589. The Kier molecular flexibility index (Phi) is 35.1. The lowest BCUT2D eigenvalue weighted by Crippen LogP contribution is -2.38. The van der Waals surface area contributed by atoms with Crippen LogP contribution in [0.4, 0.5) is 0 Å². The number of nitrogens with one attached hydrogen (secondary N) is 1. The molecule has 0 aromatic heterocycles. The SMILES string of the molecule is CCCCCCCCCCCCCCCC(=O)OCCCCCCCCCCCCCCCCCCN[C@@H](CS)C(=O)O. The largest absolute Gasteiger partial charge is 0.480 e. The van der Waals surface area contributed by atoms with Gasteiger partial charge in [0.2, 0.25) is 0 Å². The zero-order valence-corrected chi connectivity index (χ0v) is 29.4. The Morgan fingerprint density at radius 3 is 1.28 bits per heavy atom. The molecular formula is C37H73NO4S. The summed E-state index contributed by atoms with van der Waals surface area (Å²) < 4.78 is 5.44. The predicted octanol–water partition coefficient (Wildman–Crippen LogP) is 11.2. The summed E-state index contributed by atoms with van der Waals surface area (Å²) in [4.78, 5) is 22.9. The molecule has 1 atom stereocenters. The van der Waals surface area contributed by atoms with Crippen LogP contribution in [0, 0.1) is 0 Å². The quantitative estimate of drug-likeness (QED) is 0.0366. The van der Waals surface area contributed by atoms with Gasteiger partial charge in [-0.15, -0.1) is 0 Å². The monoisotopic (exact) mass is 628 g/mol. The van der Waals surface area contributed by atoms with Gasteiger partial charge in [-0.1, -0.05) is 174 Å². The molecular weight excluding hydrogens is 554 g/mol. The van der Waals surface area contributed by atoms with Gasteiger partial charge in [0.15, 0.2) is 0 Å². The molecule has 0 unspecified atom stereocenters. The van der Waals surface area contributed by atoms with E-state index in [0.717, 1.165) is 25.8 Å². The number of carboxylic acids is 1. The maximum atomic E-state index is 11.9. The zero-order chi connectivity index (χ0) is 31.5. The Hall–Kier alpha value is -0.750. The first kappa shape index (κ1) is 42.2. The third-order valence-electron chi connectivity index (χ3n) is 8.69. The van der Waals surface area contributed by atoms with Gasteiger partial charge in [0, 0.05) is 12.2 Å². The summed E-state index contributed by atoms with van der Waals surface area (Å²) in [6.45, 7) is 3.66. The highest BCUT2D eigenvalue weighted by atomic mass is 32.1. The topological polar surface area (TPSA) is 75.6 Å². The van der Waals surface area contributed by atoms with Crippen molar-refractivity contribution < 1.29 is 19.4 Å². The number of thiol groups is 1. The van der Waals surface area contributed by atoms with Crippen molar-refractivity contribution in [3.8, 4) is 0 Å². The van der Waals surface area contributed by atoms with Crippen LogP contribution in [0.2, 0.25) is 0 Å². The van der Waals surface area contributed by atoms with E-state index in [1.807, 2.05) is 0 Å². The Balaban J connectivity index is 3.19. The summed E-state index contributed by atoms with van der Waals surface area (Å²) in [6, 6.07) is -0.519. The number of unbranched alkanes of at least 4 members (excludes halogenated alkanes) is 27. The van der Waals surface area contributed by atoms with E-state index in [1.165, 1.54) is 167 Å². The fourth-order valence-corrected chi connectivity index (χ4v) is 6.04. The minimum atomic E-state index is -0.809. The van der Waals surface area contributed by atoms with E-state index in [0.29, 0.717) is 18.8 Å². The first-order valence-electron chi connectivity index (χ1n) is 18.8. The second-order valence-electron chi connectivity index (χ2n) is 12.9. The van der Waals surface area contributed by atoms with Gasteiger partial charge >= 0.3 is 11.9 Å². The molecule has 5 nitrogen and oxygen atoms in total. The molecule has 0 bridgehead atoms. The lowest BCUT2D eigenvalue weighted by Gasteiger charge is -2.11. The van der Waals surface area contributed by atoms with Crippen molar-refractivity contribution in [3.63, 3.8) is 0 Å². The molecule has 0 aliphatic rings. The van der Waals surface area contributed by atoms with E-state index in [-0.39, 0.29) is 5.97 Å². The van der Waals surface area contributed by atoms with Crippen LogP contribution in [0.3, 0.4) is 0 Å². The first-order chi connectivity index (χ1) is 21.1. The van der Waals surface area contributed by atoms with Crippen LogP contribution in [-0.2, 0) is 14.3 Å². The highest BCUT2D eigenvalue weighted by Gasteiger charge is 2.13. The Labute approximate surface area is 273 Å². The maximum Gasteiger partial charge on any atom is 0.321 e. The van der Waals surface area contributed by atoms with E-state index in [2.05, 4.69) is 24.9 Å². The number of carboxylic acid groups (broad SMARTS) is 1. The van der Waals surface area contributed by atoms with Gasteiger partial charge < -0.3 is 15.2 Å². The standard InChI is InChI=1S/C37H73NO4S/c1-2-3-4-5-6-7-8-13-16-19-22-25-28-31-36(39)42-33-30-27-24-21-18-15-12-10-9-11-14-17-20-23-26-29-32-38-35(34-43)37(40)41/h35,38,43H,2-34H2,1H3,(H,40,41)/t35-/m0/s1. The van der Waals surface area contributed by atoms with E-state index in [1.54, 1.807) is 0 Å². The van der Waals surface area contributed by atoms with Gasteiger partial charge in [0.1, 0.15) is 6.04 Å². The number of aliphatic carboxylic acids is 1. The van der Waals surface area contributed by atoms with Crippen molar-refractivity contribution in [2.24, 2.45) is 0 Å². The number of ether oxygens (including phenoxy) is 1. The zero-order valence-electron chi connectivity index (χ0n) is 28.5. The average molecular weight is 628 g/mol. The van der Waals surface area contributed by atoms with Gasteiger partial charge in [-0.3, -0.25) is 9.59 Å². The molecule has 2 N–H and O–H groups in total. The highest BCUT2D eigenvalue weighted by molar-refractivity contribution is 7.80. The van der Waals surface area contributed by atoms with Crippen molar-refractivity contribution in [3.05, 3.63) is 0 Å². The minimum Gasteiger partial charge on any atom is -0.480 e. The van der Waals surface area contributed by atoms with E-state index in [9.17, 15) is 9.59 Å². The second kappa shape index (κ2) is 35.7. The Morgan fingerprint density at radius 2 is 0.907 bits per heavy atom. The summed E-state index contributed by atoms with van der Waals surface area (Å²) >= 11 is 4.07. The molecule has 0 rings (SSSR count). The molecule has 256 valence electrons. The molecule has 0 radical (unpaired) electrons. The molecule has 0 aliphatic heterocycles. The van der Waals surface area contributed by atoms with Crippen LogP contribution in [0.1, 0.15) is 200 Å². The summed E-state index contributed by atoms with van der Waals surface area (Å²) in [5, 5.41) is 12.0. The lowest BCUT2D eigenvalue weighted by atomic mass is 10.0. The van der Waals surface area contributed by atoms with Crippen molar-refractivity contribution in [1.82, 2.24) is 5.32 Å². The number of hydrogen-bond donors (Lipinski definition) is 3. The van der Waals surface area contributed by atoms with Gasteiger partial charge in [0.25, 0.3) is 0 Å². The van der Waals surface area contributed by atoms with Crippen LogP contribution in [-0.4, -0.2) is 42.0 Å². The van der Waals surface area contributed by atoms with Crippen LogP contribution >= 0.6 is 12.6 Å². The fourth-order valence-electron chi connectivity index (χ4n) is 5.75. The number of hydrogen-bond acceptors (Lipinski definition) is 5. The summed E-state index contributed by atoms with van der Waals surface area (Å²) in [7, 11) is 0. The molecule has 6 heteroatoms. The molecule has 0 spiro atoms. The van der Waals surface area contributed by atoms with Gasteiger partial charge in [-0.25, -0.2) is 0 Å². The number of rotatable bonds is 36. The van der Waals surface area contributed by atoms with Gasteiger partial charge in [-0.2, -0.15) is 12.6 Å². The molecule has 0 aliphatic carbocycles. The van der Waals surface area contributed by atoms with Crippen LogP contribution < -0.4 is 5.32 Å². The maximum absolute atomic E-state index is 11.9. The summed E-state index contributed by atoms with van der Waals surface area (Å²) in [6.07, 6.45) is 38.3. The van der Waals surface area contributed by atoms with Crippen molar-refractivity contribution in [2.45, 2.75) is 206 Å². The van der Waals surface area contributed by atoms with Crippen LogP contribution in [0.25, 0.3) is 0 Å². The van der Waals surface area contributed by atoms with Gasteiger partial charge in [0.05, 0.1) is 6.61 Å². The normalized spacial score (nSPS) is 12.0. The third kappa shape index (κ3) is 34.0. The molecule has 0 aromatic carbocycles. The predicted molar refractivity (Wildman–Crippen MR) is 188 cm³/mol. The van der Waals surface area contributed by atoms with Crippen molar-refractivity contribution in [2.75, 3.05) is 18.9 Å². The average Bonchev–Trinajstić information content (AvgIpc) is 3.00. The smallest absolute Gasteiger partial charge is 0.321 e. The summed E-state index contributed by atoms with van der Waals surface area (Å²) in [5.74, 6) is -0.459. The first-order valence-corrected chi connectivity index (χ1v) is 19.5.